The van der Waals surface area contributed by atoms with Gasteiger partial charge in [-0.2, -0.15) is 0 Å². The lowest BCUT2D eigenvalue weighted by molar-refractivity contribution is -0.131. The highest BCUT2D eigenvalue weighted by atomic mass is 16.3. The van der Waals surface area contributed by atoms with E-state index in [9.17, 15) is 4.79 Å². The van der Waals surface area contributed by atoms with Gasteiger partial charge in [-0.3, -0.25) is 4.79 Å². The minimum atomic E-state index is 0.180. The molecule has 124 valence electrons. The number of carbonyl (C=O) groups is 1. The zero-order valence-electron chi connectivity index (χ0n) is 14.0. The van der Waals surface area contributed by atoms with E-state index in [2.05, 4.69) is 13.0 Å². The third-order valence-corrected chi connectivity index (χ3v) is 5.08. The second-order valence-electron chi connectivity index (χ2n) is 6.66. The first-order chi connectivity index (χ1) is 11.1. The van der Waals surface area contributed by atoms with E-state index in [1.54, 1.807) is 0 Å². The standard InChI is InChI=1S/C19H26N2O2/c1-3-17-15(14-8-4-5-10-18(14)23-17)12-21(2)19(22)11-13-7-6-9-16(13)20/h4-5,8,10,13,16H,3,6-7,9,11-12,20H2,1-2H3/t13-,16+/m0/s1. The van der Waals surface area contributed by atoms with Gasteiger partial charge in [0.05, 0.1) is 0 Å². The van der Waals surface area contributed by atoms with Crippen LogP contribution in [0, 0.1) is 5.92 Å². The number of furan rings is 1. The minimum Gasteiger partial charge on any atom is -0.461 e. The Morgan fingerprint density at radius 3 is 2.83 bits per heavy atom. The topological polar surface area (TPSA) is 59.5 Å². The van der Waals surface area contributed by atoms with Crippen LogP contribution < -0.4 is 5.73 Å². The summed E-state index contributed by atoms with van der Waals surface area (Å²) in [5.41, 5.74) is 8.13. The second kappa shape index (κ2) is 6.75. The fourth-order valence-electron chi connectivity index (χ4n) is 3.63. The van der Waals surface area contributed by atoms with Crippen LogP contribution in [0.1, 0.15) is 43.9 Å². The average molecular weight is 314 g/mol. The zero-order chi connectivity index (χ0) is 16.4. The van der Waals surface area contributed by atoms with Crippen molar-refractivity contribution in [1.82, 2.24) is 4.90 Å². The molecule has 1 aromatic heterocycles. The Morgan fingerprint density at radius 2 is 2.13 bits per heavy atom. The molecule has 2 aromatic rings. The minimum absolute atomic E-state index is 0.180. The largest absolute Gasteiger partial charge is 0.461 e. The number of benzene rings is 1. The third kappa shape index (κ3) is 3.27. The number of nitrogens with two attached hydrogens (primary N) is 1. The Kier molecular flexibility index (Phi) is 4.71. The van der Waals surface area contributed by atoms with Crippen molar-refractivity contribution in [2.45, 2.75) is 51.6 Å². The molecule has 3 rings (SSSR count). The van der Waals surface area contributed by atoms with E-state index in [0.29, 0.717) is 18.9 Å². The number of hydrogen-bond donors (Lipinski definition) is 1. The molecule has 1 aliphatic carbocycles. The molecule has 1 fully saturated rings. The molecule has 2 N–H and O–H groups in total. The molecule has 4 nitrogen and oxygen atoms in total. The number of fused-ring (bicyclic) bond motifs is 1. The number of para-hydroxylation sites is 1. The van der Waals surface area contributed by atoms with E-state index in [-0.39, 0.29) is 11.9 Å². The summed E-state index contributed by atoms with van der Waals surface area (Å²) in [7, 11) is 1.88. The van der Waals surface area contributed by atoms with Crippen LogP contribution in [0.25, 0.3) is 11.0 Å². The van der Waals surface area contributed by atoms with Gasteiger partial charge in [0.15, 0.2) is 0 Å². The summed E-state index contributed by atoms with van der Waals surface area (Å²) in [4.78, 5) is 14.4. The molecule has 4 heteroatoms. The smallest absolute Gasteiger partial charge is 0.222 e. The Hall–Kier alpha value is -1.81. The van der Waals surface area contributed by atoms with Crippen molar-refractivity contribution in [3.63, 3.8) is 0 Å². The molecular formula is C19H26N2O2. The number of carbonyl (C=O) groups excluding carboxylic acids is 1. The van der Waals surface area contributed by atoms with Crippen molar-refractivity contribution >= 4 is 16.9 Å². The van der Waals surface area contributed by atoms with Gasteiger partial charge in [-0.1, -0.05) is 31.5 Å². The van der Waals surface area contributed by atoms with E-state index in [1.807, 2.05) is 30.1 Å². The first kappa shape index (κ1) is 16.1. The third-order valence-electron chi connectivity index (χ3n) is 5.08. The van der Waals surface area contributed by atoms with Crippen molar-refractivity contribution in [2.75, 3.05) is 7.05 Å². The molecule has 1 saturated carbocycles. The van der Waals surface area contributed by atoms with E-state index in [1.165, 1.54) is 0 Å². The van der Waals surface area contributed by atoms with Crippen molar-refractivity contribution < 1.29 is 9.21 Å². The summed E-state index contributed by atoms with van der Waals surface area (Å²) in [6, 6.07) is 8.23. The van der Waals surface area contributed by atoms with Crippen molar-refractivity contribution in [1.29, 1.82) is 0 Å². The monoisotopic (exact) mass is 314 g/mol. The van der Waals surface area contributed by atoms with Gasteiger partial charge in [0, 0.05) is 43.4 Å². The Labute approximate surface area is 137 Å². The lowest BCUT2D eigenvalue weighted by Gasteiger charge is -2.21. The Morgan fingerprint density at radius 1 is 1.35 bits per heavy atom. The lowest BCUT2D eigenvalue weighted by Crippen LogP contribution is -2.32. The highest BCUT2D eigenvalue weighted by Crippen LogP contribution is 2.29. The highest BCUT2D eigenvalue weighted by Gasteiger charge is 2.27. The van der Waals surface area contributed by atoms with E-state index in [0.717, 1.165) is 48.0 Å². The van der Waals surface area contributed by atoms with Gasteiger partial charge in [-0.15, -0.1) is 0 Å². The number of aryl methyl sites for hydroxylation is 1. The number of hydrogen-bond acceptors (Lipinski definition) is 3. The maximum Gasteiger partial charge on any atom is 0.222 e. The Balaban J connectivity index is 1.74. The molecule has 1 amide bonds. The van der Waals surface area contributed by atoms with Crippen LogP contribution in [0.3, 0.4) is 0 Å². The van der Waals surface area contributed by atoms with Crippen LogP contribution in [0.2, 0.25) is 0 Å². The summed E-state index contributed by atoms with van der Waals surface area (Å²) in [5, 5.41) is 1.11. The van der Waals surface area contributed by atoms with Crippen LogP contribution in [0.5, 0.6) is 0 Å². The summed E-state index contributed by atoms with van der Waals surface area (Å²) >= 11 is 0. The average Bonchev–Trinajstić information content (AvgIpc) is 3.11. The van der Waals surface area contributed by atoms with Crippen molar-refractivity contribution in [3.8, 4) is 0 Å². The number of nitrogens with zero attached hydrogens (tertiary/aromatic N) is 1. The fraction of sp³-hybridized carbons (Fsp3) is 0.526. The quantitative estimate of drug-likeness (QED) is 0.919. The second-order valence-corrected chi connectivity index (χ2v) is 6.66. The summed E-state index contributed by atoms with van der Waals surface area (Å²) in [6.45, 7) is 2.68. The maximum absolute atomic E-state index is 12.5. The predicted molar refractivity (Wildman–Crippen MR) is 92.0 cm³/mol. The first-order valence-corrected chi connectivity index (χ1v) is 8.59. The summed E-state index contributed by atoms with van der Waals surface area (Å²) in [5.74, 6) is 1.50. The Bertz CT molecular complexity index is 692. The van der Waals surface area contributed by atoms with E-state index < -0.39 is 0 Å². The lowest BCUT2D eigenvalue weighted by atomic mass is 9.99. The van der Waals surface area contributed by atoms with Crippen molar-refractivity contribution in [2.24, 2.45) is 11.7 Å². The maximum atomic E-state index is 12.5. The van der Waals surface area contributed by atoms with Gasteiger partial charge >= 0.3 is 0 Å². The normalized spacial score (nSPS) is 21.0. The molecule has 2 atom stereocenters. The molecule has 1 heterocycles. The van der Waals surface area contributed by atoms with E-state index >= 15 is 0 Å². The van der Waals surface area contributed by atoms with Gasteiger partial charge in [0.2, 0.25) is 5.91 Å². The first-order valence-electron chi connectivity index (χ1n) is 8.59. The molecule has 0 aliphatic heterocycles. The molecular weight excluding hydrogens is 288 g/mol. The summed E-state index contributed by atoms with van der Waals surface area (Å²) < 4.78 is 5.92. The molecule has 23 heavy (non-hydrogen) atoms. The number of amides is 1. The van der Waals surface area contributed by atoms with Gasteiger partial charge in [-0.05, 0) is 24.8 Å². The molecule has 0 unspecified atom stereocenters. The zero-order valence-corrected chi connectivity index (χ0v) is 14.0. The molecule has 0 bridgehead atoms. The summed E-state index contributed by atoms with van der Waals surface area (Å²) in [6.07, 6.45) is 4.67. The van der Waals surface area contributed by atoms with Crippen LogP contribution in [-0.4, -0.2) is 23.9 Å². The molecule has 1 aliphatic rings. The predicted octanol–water partition coefficient (Wildman–Crippen LogP) is 3.47. The van der Waals surface area contributed by atoms with Crippen molar-refractivity contribution in [3.05, 3.63) is 35.6 Å². The van der Waals surface area contributed by atoms with Crippen LogP contribution in [0.4, 0.5) is 0 Å². The van der Waals surface area contributed by atoms with Gasteiger partial charge in [0.1, 0.15) is 11.3 Å². The van der Waals surface area contributed by atoms with Crippen LogP contribution in [-0.2, 0) is 17.8 Å². The SMILES string of the molecule is CCc1oc2ccccc2c1CN(C)C(=O)C[C@@H]1CCC[C@H]1N. The fourth-order valence-corrected chi connectivity index (χ4v) is 3.63. The number of rotatable bonds is 5. The van der Waals surface area contributed by atoms with E-state index in [4.69, 9.17) is 10.2 Å². The van der Waals surface area contributed by atoms with Gasteiger partial charge in [0.25, 0.3) is 0 Å². The van der Waals surface area contributed by atoms with Crippen LogP contribution in [0.15, 0.2) is 28.7 Å². The molecule has 0 spiro atoms. The van der Waals surface area contributed by atoms with Gasteiger partial charge in [-0.25, -0.2) is 0 Å². The van der Waals surface area contributed by atoms with Crippen LogP contribution >= 0.6 is 0 Å². The van der Waals surface area contributed by atoms with Gasteiger partial charge < -0.3 is 15.1 Å². The highest BCUT2D eigenvalue weighted by molar-refractivity contribution is 5.83. The molecule has 0 radical (unpaired) electrons. The molecule has 1 aromatic carbocycles. The molecule has 0 saturated heterocycles.